The van der Waals surface area contributed by atoms with Crippen molar-refractivity contribution in [1.29, 1.82) is 0 Å². The van der Waals surface area contributed by atoms with Crippen molar-refractivity contribution in [3.05, 3.63) is 40.9 Å². The molecule has 0 unspecified atom stereocenters. The van der Waals surface area contributed by atoms with E-state index in [0.29, 0.717) is 16.4 Å². The van der Waals surface area contributed by atoms with Gasteiger partial charge in [-0.1, -0.05) is 0 Å². The van der Waals surface area contributed by atoms with Gasteiger partial charge in [-0.3, -0.25) is 4.79 Å². The second kappa shape index (κ2) is 6.73. The molecule has 116 valence electrons. The van der Waals surface area contributed by atoms with Crippen molar-refractivity contribution in [2.24, 2.45) is 10.1 Å². The molecule has 10 heteroatoms. The standard InChI is InChI=1S/C12H13N5O3S2/c1-21-10-11(16-7-17-12(10)18)15-6-14-8-2-4-9(5-3-8)22(13,19)20/h2-7H,1H3,(H2,13,19,20)(H2,14,15,16,17,18). The fraction of sp³-hybridized carbons (Fsp3) is 0.0833. The van der Waals surface area contributed by atoms with Gasteiger partial charge in [0.15, 0.2) is 5.82 Å². The normalized spacial score (nSPS) is 11.7. The minimum absolute atomic E-state index is 0.0240. The van der Waals surface area contributed by atoms with Crippen LogP contribution in [0, 0.1) is 0 Å². The van der Waals surface area contributed by atoms with Gasteiger partial charge in [0.25, 0.3) is 5.56 Å². The number of hydrogen-bond donors (Lipinski definition) is 3. The molecule has 0 aliphatic heterocycles. The Morgan fingerprint density at radius 2 is 2.05 bits per heavy atom. The fourth-order valence-electron chi connectivity index (χ4n) is 1.56. The van der Waals surface area contributed by atoms with Crippen LogP contribution in [0.25, 0.3) is 0 Å². The molecule has 22 heavy (non-hydrogen) atoms. The Kier molecular flexibility index (Phi) is 4.96. The van der Waals surface area contributed by atoms with Gasteiger partial charge in [-0.2, -0.15) is 0 Å². The Hall–Kier alpha value is -2.17. The molecule has 0 saturated carbocycles. The molecular formula is C12H13N5O3S2. The highest BCUT2D eigenvalue weighted by Gasteiger charge is 2.07. The second-order valence-electron chi connectivity index (χ2n) is 4.06. The van der Waals surface area contributed by atoms with Gasteiger partial charge < -0.3 is 10.3 Å². The lowest BCUT2D eigenvalue weighted by molar-refractivity contribution is 0.598. The number of thioether (sulfide) groups is 1. The molecule has 1 heterocycles. The summed E-state index contributed by atoms with van der Waals surface area (Å²) < 4.78 is 22.3. The van der Waals surface area contributed by atoms with Crippen LogP contribution >= 0.6 is 11.8 Å². The van der Waals surface area contributed by atoms with Gasteiger partial charge in [-0.25, -0.2) is 23.5 Å². The largest absolute Gasteiger partial charge is 0.346 e. The third-order valence-corrected chi connectivity index (χ3v) is 4.30. The molecule has 1 aromatic heterocycles. The third-order valence-electron chi connectivity index (χ3n) is 2.60. The number of sulfonamides is 1. The second-order valence-corrected chi connectivity index (χ2v) is 6.44. The molecule has 0 spiro atoms. The Balaban J connectivity index is 2.13. The van der Waals surface area contributed by atoms with Crippen LogP contribution in [0.3, 0.4) is 0 Å². The van der Waals surface area contributed by atoms with Crippen LogP contribution in [-0.4, -0.2) is 31.0 Å². The van der Waals surface area contributed by atoms with Crippen LogP contribution < -0.4 is 16.0 Å². The first-order valence-corrected chi connectivity index (χ1v) is 8.72. The Labute approximate surface area is 130 Å². The number of aliphatic imine (C=N–C) groups is 1. The van der Waals surface area contributed by atoms with Crippen LogP contribution in [0.5, 0.6) is 0 Å². The van der Waals surface area contributed by atoms with Crippen LogP contribution in [0.2, 0.25) is 0 Å². The minimum atomic E-state index is -3.71. The predicted molar refractivity (Wildman–Crippen MR) is 86.2 cm³/mol. The van der Waals surface area contributed by atoms with Gasteiger partial charge in [0.05, 0.1) is 17.6 Å². The van der Waals surface area contributed by atoms with Gasteiger partial charge >= 0.3 is 0 Å². The van der Waals surface area contributed by atoms with E-state index in [2.05, 4.69) is 20.3 Å². The monoisotopic (exact) mass is 339 g/mol. The lowest BCUT2D eigenvalue weighted by Gasteiger charge is -2.02. The molecule has 1 aromatic carbocycles. The van der Waals surface area contributed by atoms with Crippen molar-refractivity contribution in [3.8, 4) is 0 Å². The molecule has 2 rings (SSSR count). The van der Waals surface area contributed by atoms with Crippen molar-refractivity contribution in [2.75, 3.05) is 11.6 Å². The minimum Gasteiger partial charge on any atom is -0.346 e. The van der Waals surface area contributed by atoms with E-state index in [1.54, 1.807) is 18.4 Å². The smallest absolute Gasteiger partial charge is 0.266 e. The molecule has 0 bridgehead atoms. The highest BCUT2D eigenvalue weighted by molar-refractivity contribution is 7.98. The number of primary sulfonamides is 1. The maximum Gasteiger partial charge on any atom is 0.266 e. The molecule has 0 atom stereocenters. The van der Waals surface area contributed by atoms with Crippen LogP contribution in [-0.2, 0) is 10.0 Å². The van der Waals surface area contributed by atoms with E-state index in [4.69, 9.17) is 5.14 Å². The number of hydrogen-bond acceptors (Lipinski definition) is 6. The van der Waals surface area contributed by atoms with E-state index in [1.807, 2.05) is 0 Å². The first-order chi connectivity index (χ1) is 10.4. The van der Waals surface area contributed by atoms with E-state index in [-0.39, 0.29) is 10.5 Å². The maximum atomic E-state index is 11.6. The molecule has 0 saturated heterocycles. The average Bonchev–Trinajstić information content (AvgIpc) is 2.47. The molecule has 0 aliphatic rings. The topological polar surface area (TPSA) is 130 Å². The maximum absolute atomic E-state index is 11.6. The van der Waals surface area contributed by atoms with Crippen molar-refractivity contribution < 1.29 is 8.42 Å². The van der Waals surface area contributed by atoms with E-state index in [1.165, 1.54) is 36.6 Å². The van der Waals surface area contributed by atoms with Gasteiger partial charge in [-0.05, 0) is 30.5 Å². The van der Waals surface area contributed by atoms with Crippen molar-refractivity contribution in [1.82, 2.24) is 9.97 Å². The van der Waals surface area contributed by atoms with Crippen LogP contribution in [0.1, 0.15) is 0 Å². The zero-order valence-corrected chi connectivity index (χ0v) is 13.1. The van der Waals surface area contributed by atoms with Gasteiger partial charge in [0, 0.05) is 5.69 Å². The number of aromatic nitrogens is 2. The molecule has 0 aliphatic carbocycles. The predicted octanol–water partition coefficient (Wildman–Crippen LogP) is 0.911. The summed E-state index contributed by atoms with van der Waals surface area (Å²) in [5, 5.41) is 7.87. The molecule has 4 N–H and O–H groups in total. The van der Waals surface area contributed by atoms with E-state index >= 15 is 0 Å². The number of rotatable bonds is 5. The number of nitrogens with two attached hydrogens (primary N) is 1. The number of nitrogens with zero attached hydrogens (tertiary/aromatic N) is 2. The number of nitrogens with one attached hydrogen (secondary N) is 2. The van der Waals surface area contributed by atoms with E-state index < -0.39 is 10.0 Å². The number of H-pyrrole nitrogens is 1. The summed E-state index contributed by atoms with van der Waals surface area (Å²) in [6.45, 7) is 0. The number of aromatic amines is 1. The van der Waals surface area contributed by atoms with Gasteiger partial charge in [0.2, 0.25) is 10.0 Å². The summed E-state index contributed by atoms with van der Waals surface area (Å²) in [6.07, 6.45) is 4.40. The zero-order valence-electron chi connectivity index (χ0n) is 11.5. The lowest BCUT2D eigenvalue weighted by Crippen LogP contribution is -2.11. The Morgan fingerprint density at radius 3 is 2.64 bits per heavy atom. The molecule has 8 nitrogen and oxygen atoms in total. The first-order valence-electron chi connectivity index (χ1n) is 5.95. The molecule has 0 amide bonds. The first kappa shape index (κ1) is 16.2. The molecule has 0 radical (unpaired) electrons. The zero-order chi connectivity index (χ0) is 16.2. The molecule has 0 fully saturated rings. The van der Waals surface area contributed by atoms with Crippen LogP contribution in [0.4, 0.5) is 11.5 Å². The Bertz CT molecular complexity index is 844. The van der Waals surface area contributed by atoms with E-state index in [9.17, 15) is 13.2 Å². The summed E-state index contributed by atoms with van der Waals surface area (Å²) in [5.41, 5.74) is 0.360. The highest BCUT2D eigenvalue weighted by atomic mass is 32.2. The third kappa shape index (κ3) is 3.93. The van der Waals surface area contributed by atoms with Gasteiger partial charge in [0.1, 0.15) is 4.90 Å². The van der Waals surface area contributed by atoms with Crippen molar-refractivity contribution >= 4 is 39.6 Å². The summed E-state index contributed by atoms with van der Waals surface area (Å²) in [6, 6.07) is 5.85. The van der Waals surface area contributed by atoms with Gasteiger partial charge in [-0.15, -0.1) is 11.8 Å². The molecule has 2 aromatic rings. The van der Waals surface area contributed by atoms with Crippen LogP contribution in [0.15, 0.2) is 50.2 Å². The average molecular weight is 339 g/mol. The SMILES string of the molecule is CSc1c(/N=C/Nc2ccc(S(N)(=O)=O)cc2)nc[nH]c1=O. The summed E-state index contributed by atoms with van der Waals surface area (Å²) in [7, 11) is -3.71. The lowest BCUT2D eigenvalue weighted by atomic mass is 10.3. The number of anilines is 1. The summed E-state index contributed by atoms with van der Waals surface area (Å²) in [4.78, 5) is 22.5. The fourth-order valence-corrected chi connectivity index (χ4v) is 2.61. The molecular weight excluding hydrogens is 326 g/mol. The quantitative estimate of drug-likeness (QED) is 0.422. The summed E-state index contributed by atoms with van der Waals surface area (Å²) >= 11 is 1.24. The summed E-state index contributed by atoms with van der Waals surface area (Å²) in [5.74, 6) is 0.296. The van der Waals surface area contributed by atoms with Crippen molar-refractivity contribution in [2.45, 2.75) is 9.79 Å². The highest BCUT2D eigenvalue weighted by Crippen LogP contribution is 2.20. The Morgan fingerprint density at radius 1 is 1.36 bits per heavy atom. The van der Waals surface area contributed by atoms with E-state index in [0.717, 1.165) is 0 Å². The van der Waals surface area contributed by atoms with Crippen molar-refractivity contribution in [3.63, 3.8) is 0 Å². The number of benzene rings is 1.